The Morgan fingerprint density at radius 1 is 1.29 bits per heavy atom. The summed E-state index contributed by atoms with van der Waals surface area (Å²) in [6.07, 6.45) is 6.60. The van der Waals surface area contributed by atoms with Gasteiger partial charge in [-0.15, -0.1) is 0 Å². The highest BCUT2D eigenvalue weighted by molar-refractivity contribution is 5.45. The Balaban J connectivity index is 3.16. The third-order valence-corrected chi connectivity index (χ3v) is 3.24. The molecule has 1 nitrogen and oxygen atoms in total. The van der Waals surface area contributed by atoms with Crippen LogP contribution in [0.2, 0.25) is 0 Å². The standard InChI is InChI=1S/C16H24O/c1-6-8-9-14(7-2)15-11-12(3)10-13(4)16(15)17-5/h6,8,10-11,14H,7,9H2,1-5H3/b8-6-. The monoisotopic (exact) mass is 232 g/mol. The minimum atomic E-state index is 0.555. The highest BCUT2D eigenvalue weighted by atomic mass is 16.5. The van der Waals surface area contributed by atoms with E-state index in [1.165, 1.54) is 16.7 Å². The number of allylic oxidation sites excluding steroid dienone is 2. The molecule has 0 aromatic heterocycles. The van der Waals surface area contributed by atoms with E-state index in [0.29, 0.717) is 5.92 Å². The number of rotatable bonds is 5. The van der Waals surface area contributed by atoms with Crippen molar-refractivity contribution in [3.63, 3.8) is 0 Å². The van der Waals surface area contributed by atoms with Crippen molar-refractivity contribution < 1.29 is 4.74 Å². The largest absolute Gasteiger partial charge is 0.496 e. The van der Waals surface area contributed by atoms with Crippen LogP contribution < -0.4 is 4.74 Å². The predicted octanol–water partition coefficient (Wildman–Crippen LogP) is 4.77. The summed E-state index contributed by atoms with van der Waals surface area (Å²) >= 11 is 0. The van der Waals surface area contributed by atoms with E-state index in [1.54, 1.807) is 7.11 Å². The van der Waals surface area contributed by atoms with E-state index in [9.17, 15) is 0 Å². The Morgan fingerprint density at radius 3 is 2.53 bits per heavy atom. The minimum absolute atomic E-state index is 0.555. The van der Waals surface area contributed by atoms with Crippen LogP contribution in [0.5, 0.6) is 5.75 Å². The molecule has 0 fully saturated rings. The molecule has 1 aromatic carbocycles. The van der Waals surface area contributed by atoms with Gasteiger partial charge in [0.1, 0.15) is 5.75 Å². The number of methoxy groups -OCH3 is 1. The van der Waals surface area contributed by atoms with Gasteiger partial charge < -0.3 is 4.74 Å². The Morgan fingerprint density at radius 2 is 2.00 bits per heavy atom. The average molecular weight is 232 g/mol. The number of benzene rings is 1. The van der Waals surface area contributed by atoms with E-state index in [0.717, 1.165) is 18.6 Å². The Labute approximate surface area is 106 Å². The lowest BCUT2D eigenvalue weighted by atomic mass is 9.89. The molecule has 0 aliphatic rings. The van der Waals surface area contributed by atoms with Gasteiger partial charge in [0.15, 0.2) is 0 Å². The van der Waals surface area contributed by atoms with Crippen LogP contribution in [0.25, 0.3) is 0 Å². The van der Waals surface area contributed by atoms with Crippen molar-refractivity contribution in [2.45, 2.75) is 46.5 Å². The highest BCUT2D eigenvalue weighted by Crippen LogP contribution is 2.35. The fourth-order valence-electron chi connectivity index (χ4n) is 2.38. The van der Waals surface area contributed by atoms with E-state index < -0.39 is 0 Å². The summed E-state index contributed by atoms with van der Waals surface area (Å²) in [6, 6.07) is 4.45. The summed E-state index contributed by atoms with van der Waals surface area (Å²) in [7, 11) is 1.77. The molecule has 0 saturated carbocycles. The van der Waals surface area contributed by atoms with E-state index >= 15 is 0 Å². The number of hydrogen-bond acceptors (Lipinski definition) is 1. The van der Waals surface area contributed by atoms with Crippen LogP contribution in [-0.2, 0) is 0 Å². The van der Waals surface area contributed by atoms with E-state index in [2.05, 4.69) is 52.0 Å². The van der Waals surface area contributed by atoms with Crippen LogP contribution in [0.15, 0.2) is 24.3 Å². The first-order chi connectivity index (χ1) is 8.13. The first-order valence-corrected chi connectivity index (χ1v) is 6.40. The molecule has 0 heterocycles. The maximum absolute atomic E-state index is 5.57. The van der Waals surface area contributed by atoms with Crippen molar-refractivity contribution in [1.82, 2.24) is 0 Å². The van der Waals surface area contributed by atoms with Crippen LogP contribution in [0.1, 0.15) is 49.3 Å². The van der Waals surface area contributed by atoms with Gasteiger partial charge in [-0.3, -0.25) is 0 Å². The van der Waals surface area contributed by atoms with Gasteiger partial charge in [0, 0.05) is 0 Å². The molecule has 0 spiro atoms. The van der Waals surface area contributed by atoms with Gasteiger partial charge in [0.2, 0.25) is 0 Å². The quantitative estimate of drug-likeness (QED) is 0.664. The van der Waals surface area contributed by atoms with Crippen LogP contribution in [-0.4, -0.2) is 7.11 Å². The van der Waals surface area contributed by atoms with E-state index in [-0.39, 0.29) is 0 Å². The summed E-state index contributed by atoms with van der Waals surface area (Å²) in [5.41, 5.74) is 3.91. The molecular formula is C16H24O. The van der Waals surface area contributed by atoms with E-state index in [4.69, 9.17) is 4.74 Å². The van der Waals surface area contributed by atoms with Gasteiger partial charge in [0.25, 0.3) is 0 Å². The SMILES string of the molecule is C/C=C\CC(CC)c1cc(C)cc(C)c1OC. The normalized spacial score (nSPS) is 13.0. The smallest absolute Gasteiger partial charge is 0.125 e. The molecule has 1 rings (SSSR count). The number of aryl methyl sites for hydroxylation is 2. The zero-order valence-corrected chi connectivity index (χ0v) is 11.7. The summed E-state index contributed by atoms with van der Waals surface area (Å²) in [4.78, 5) is 0. The maximum atomic E-state index is 5.57. The van der Waals surface area contributed by atoms with Gasteiger partial charge in [0.05, 0.1) is 7.11 Å². The van der Waals surface area contributed by atoms with Crippen LogP contribution >= 0.6 is 0 Å². The zero-order chi connectivity index (χ0) is 12.8. The second kappa shape index (κ2) is 6.48. The lowest BCUT2D eigenvalue weighted by Gasteiger charge is -2.19. The topological polar surface area (TPSA) is 9.23 Å². The second-order valence-electron chi connectivity index (χ2n) is 4.61. The molecule has 0 N–H and O–H groups in total. The van der Waals surface area contributed by atoms with Crippen molar-refractivity contribution in [2.75, 3.05) is 7.11 Å². The molecule has 1 unspecified atom stereocenters. The van der Waals surface area contributed by atoms with Crippen LogP contribution in [0.4, 0.5) is 0 Å². The molecular weight excluding hydrogens is 208 g/mol. The first-order valence-electron chi connectivity index (χ1n) is 6.40. The maximum Gasteiger partial charge on any atom is 0.125 e. The molecule has 0 saturated heterocycles. The summed E-state index contributed by atoms with van der Waals surface area (Å²) in [5, 5.41) is 0. The lowest BCUT2D eigenvalue weighted by molar-refractivity contribution is 0.401. The first kappa shape index (κ1) is 13.8. The molecule has 0 aliphatic heterocycles. The van der Waals surface area contributed by atoms with Gasteiger partial charge in [-0.05, 0) is 50.7 Å². The van der Waals surface area contributed by atoms with Crippen molar-refractivity contribution in [3.05, 3.63) is 41.0 Å². The van der Waals surface area contributed by atoms with Crippen LogP contribution in [0, 0.1) is 13.8 Å². The Hall–Kier alpha value is -1.24. The Kier molecular flexibility index (Phi) is 5.27. The lowest BCUT2D eigenvalue weighted by Crippen LogP contribution is -2.02. The van der Waals surface area contributed by atoms with Crippen molar-refractivity contribution in [3.8, 4) is 5.75 Å². The van der Waals surface area contributed by atoms with Crippen molar-refractivity contribution in [1.29, 1.82) is 0 Å². The van der Waals surface area contributed by atoms with Gasteiger partial charge in [-0.25, -0.2) is 0 Å². The third-order valence-electron chi connectivity index (χ3n) is 3.24. The minimum Gasteiger partial charge on any atom is -0.496 e. The highest BCUT2D eigenvalue weighted by Gasteiger charge is 2.15. The number of hydrogen-bond donors (Lipinski definition) is 0. The molecule has 1 aromatic rings. The van der Waals surface area contributed by atoms with E-state index in [1.807, 2.05) is 0 Å². The average Bonchev–Trinajstić information content (AvgIpc) is 2.29. The predicted molar refractivity (Wildman–Crippen MR) is 74.9 cm³/mol. The molecule has 94 valence electrons. The third kappa shape index (κ3) is 3.36. The number of ether oxygens (including phenoxy) is 1. The van der Waals surface area contributed by atoms with Crippen molar-refractivity contribution >= 4 is 0 Å². The molecule has 0 bridgehead atoms. The van der Waals surface area contributed by atoms with Crippen molar-refractivity contribution in [2.24, 2.45) is 0 Å². The summed E-state index contributed by atoms with van der Waals surface area (Å²) in [6.45, 7) is 8.59. The van der Waals surface area contributed by atoms with Gasteiger partial charge >= 0.3 is 0 Å². The molecule has 17 heavy (non-hydrogen) atoms. The molecule has 0 amide bonds. The zero-order valence-electron chi connectivity index (χ0n) is 11.7. The summed E-state index contributed by atoms with van der Waals surface area (Å²) < 4.78 is 5.57. The summed E-state index contributed by atoms with van der Waals surface area (Å²) in [5.74, 6) is 1.62. The second-order valence-corrected chi connectivity index (χ2v) is 4.61. The fourth-order valence-corrected chi connectivity index (χ4v) is 2.38. The molecule has 1 heteroatoms. The van der Waals surface area contributed by atoms with Gasteiger partial charge in [-0.2, -0.15) is 0 Å². The molecule has 0 aliphatic carbocycles. The Bertz CT molecular complexity index is 391. The van der Waals surface area contributed by atoms with Gasteiger partial charge in [-0.1, -0.05) is 36.8 Å². The fraction of sp³-hybridized carbons (Fsp3) is 0.500. The molecule has 0 radical (unpaired) electrons. The van der Waals surface area contributed by atoms with Crippen LogP contribution in [0.3, 0.4) is 0 Å². The molecule has 1 atom stereocenters.